The van der Waals surface area contributed by atoms with Crippen LogP contribution in [-0.2, 0) is 18.3 Å². The molecule has 1 amide bonds. The van der Waals surface area contributed by atoms with Gasteiger partial charge in [-0.2, -0.15) is 5.10 Å². The molecule has 5 nitrogen and oxygen atoms in total. The summed E-state index contributed by atoms with van der Waals surface area (Å²) in [6.45, 7) is 6.22. The van der Waals surface area contributed by atoms with Gasteiger partial charge in [-0.05, 0) is 43.4 Å². The summed E-state index contributed by atoms with van der Waals surface area (Å²) in [5, 5.41) is 7.10. The highest BCUT2D eigenvalue weighted by atomic mass is 16.1. The Labute approximate surface area is 131 Å². The first-order valence-corrected chi connectivity index (χ1v) is 7.70. The number of carbonyl (C=O) groups is 1. The van der Waals surface area contributed by atoms with E-state index in [4.69, 9.17) is 0 Å². The minimum Gasteiger partial charge on any atom is -0.346 e. The number of nitrogens with one attached hydrogen (secondary N) is 1. The molecule has 1 heterocycles. The lowest BCUT2D eigenvalue weighted by atomic mass is 10.0. The van der Waals surface area contributed by atoms with Crippen molar-refractivity contribution in [1.82, 2.24) is 20.1 Å². The van der Waals surface area contributed by atoms with Crippen molar-refractivity contribution in [3.8, 4) is 0 Å². The Balaban J connectivity index is 1.92. The smallest absolute Gasteiger partial charge is 0.220 e. The normalized spacial score (nSPS) is 12.2. The highest BCUT2D eigenvalue weighted by Gasteiger charge is 2.17. The van der Waals surface area contributed by atoms with Crippen molar-refractivity contribution < 1.29 is 4.79 Å². The zero-order valence-electron chi connectivity index (χ0n) is 13.8. The minimum atomic E-state index is -0.0836. The van der Waals surface area contributed by atoms with Gasteiger partial charge in [0.25, 0.3) is 0 Å². The van der Waals surface area contributed by atoms with Crippen LogP contribution in [0.15, 0.2) is 24.5 Å². The van der Waals surface area contributed by atoms with Crippen molar-refractivity contribution in [2.24, 2.45) is 7.05 Å². The van der Waals surface area contributed by atoms with Crippen LogP contribution in [-0.4, -0.2) is 20.7 Å². The molecule has 0 saturated carbocycles. The molecule has 5 heteroatoms. The Morgan fingerprint density at radius 2 is 2.09 bits per heavy atom. The van der Waals surface area contributed by atoms with Gasteiger partial charge in [-0.15, -0.1) is 0 Å². The molecule has 0 spiro atoms. The molecule has 1 aromatic carbocycles. The van der Waals surface area contributed by atoms with Crippen LogP contribution in [0.2, 0.25) is 0 Å². The fraction of sp³-hybridized carbons (Fsp3) is 0.471. The number of aromatic nitrogens is 3. The molecule has 2 rings (SSSR count). The van der Waals surface area contributed by atoms with Crippen LogP contribution in [0.1, 0.15) is 48.3 Å². The second kappa shape index (κ2) is 7.20. The van der Waals surface area contributed by atoms with E-state index in [1.54, 1.807) is 4.68 Å². The van der Waals surface area contributed by atoms with E-state index in [2.05, 4.69) is 47.4 Å². The van der Waals surface area contributed by atoms with Gasteiger partial charge < -0.3 is 5.32 Å². The number of carbonyl (C=O) groups excluding carboxylic acids is 1. The van der Waals surface area contributed by atoms with Gasteiger partial charge in [0.2, 0.25) is 5.91 Å². The lowest BCUT2D eigenvalue weighted by Crippen LogP contribution is -2.30. The van der Waals surface area contributed by atoms with Gasteiger partial charge in [-0.25, -0.2) is 4.98 Å². The largest absolute Gasteiger partial charge is 0.346 e. The van der Waals surface area contributed by atoms with Crippen molar-refractivity contribution in [2.75, 3.05) is 0 Å². The molecule has 0 saturated heterocycles. The van der Waals surface area contributed by atoms with E-state index in [1.165, 1.54) is 23.0 Å². The third-order valence-electron chi connectivity index (χ3n) is 4.01. The summed E-state index contributed by atoms with van der Waals surface area (Å²) in [7, 11) is 1.84. The zero-order chi connectivity index (χ0) is 16.1. The Bertz CT molecular complexity index is 648. The van der Waals surface area contributed by atoms with Gasteiger partial charge >= 0.3 is 0 Å². The lowest BCUT2D eigenvalue weighted by molar-refractivity contribution is -0.121. The first-order chi connectivity index (χ1) is 10.5. The molecule has 0 fully saturated rings. The van der Waals surface area contributed by atoms with Crippen LogP contribution in [0.5, 0.6) is 0 Å². The van der Waals surface area contributed by atoms with E-state index in [9.17, 15) is 4.79 Å². The van der Waals surface area contributed by atoms with E-state index in [-0.39, 0.29) is 11.9 Å². The van der Waals surface area contributed by atoms with Gasteiger partial charge in [0.1, 0.15) is 12.2 Å². The van der Waals surface area contributed by atoms with Crippen molar-refractivity contribution in [2.45, 2.75) is 46.1 Å². The van der Waals surface area contributed by atoms with Crippen LogP contribution in [0.25, 0.3) is 0 Å². The molecule has 0 bridgehead atoms. The molecule has 0 aliphatic rings. The summed E-state index contributed by atoms with van der Waals surface area (Å²) in [6, 6.07) is 6.27. The topological polar surface area (TPSA) is 59.8 Å². The molecule has 0 aliphatic heterocycles. The van der Waals surface area contributed by atoms with E-state index in [0.29, 0.717) is 6.42 Å². The Morgan fingerprint density at radius 1 is 1.32 bits per heavy atom. The van der Waals surface area contributed by atoms with E-state index in [0.717, 1.165) is 18.7 Å². The molecule has 1 aromatic heterocycles. The summed E-state index contributed by atoms with van der Waals surface area (Å²) in [4.78, 5) is 16.4. The van der Waals surface area contributed by atoms with Gasteiger partial charge in [0, 0.05) is 13.5 Å². The highest BCUT2D eigenvalue weighted by Crippen LogP contribution is 2.14. The van der Waals surface area contributed by atoms with Gasteiger partial charge in [-0.1, -0.05) is 25.1 Å². The third kappa shape index (κ3) is 3.93. The van der Waals surface area contributed by atoms with Crippen LogP contribution >= 0.6 is 0 Å². The van der Waals surface area contributed by atoms with Crippen LogP contribution < -0.4 is 5.32 Å². The van der Waals surface area contributed by atoms with Gasteiger partial charge in [-0.3, -0.25) is 9.48 Å². The fourth-order valence-electron chi connectivity index (χ4n) is 2.45. The monoisotopic (exact) mass is 300 g/mol. The lowest BCUT2D eigenvalue weighted by Gasteiger charge is -2.16. The SMILES string of the molecule is CCC(NC(=O)CCc1ccc(C)c(C)c1)c1ncnn1C. The van der Waals surface area contributed by atoms with E-state index < -0.39 is 0 Å². The molecule has 1 unspecified atom stereocenters. The maximum absolute atomic E-state index is 12.2. The predicted octanol–water partition coefficient (Wildman–Crippen LogP) is 2.63. The maximum atomic E-state index is 12.2. The second-order valence-electron chi connectivity index (χ2n) is 5.69. The fourth-order valence-corrected chi connectivity index (χ4v) is 2.45. The number of hydrogen-bond acceptors (Lipinski definition) is 3. The molecule has 1 N–H and O–H groups in total. The summed E-state index contributed by atoms with van der Waals surface area (Å²) >= 11 is 0. The minimum absolute atomic E-state index is 0.0491. The first-order valence-electron chi connectivity index (χ1n) is 7.70. The zero-order valence-corrected chi connectivity index (χ0v) is 13.8. The van der Waals surface area contributed by atoms with Crippen molar-refractivity contribution in [1.29, 1.82) is 0 Å². The number of amides is 1. The molecule has 22 heavy (non-hydrogen) atoms. The molecular formula is C17H24N4O. The summed E-state index contributed by atoms with van der Waals surface area (Å²) in [6.07, 6.45) is 3.54. The Morgan fingerprint density at radius 3 is 2.68 bits per heavy atom. The molecule has 0 aliphatic carbocycles. The molecular weight excluding hydrogens is 276 g/mol. The number of hydrogen-bond donors (Lipinski definition) is 1. The van der Waals surface area contributed by atoms with Crippen LogP contribution in [0.3, 0.4) is 0 Å². The number of aryl methyl sites for hydroxylation is 4. The average molecular weight is 300 g/mol. The predicted molar refractivity (Wildman–Crippen MR) is 86.4 cm³/mol. The molecule has 0 radical (unpaired) electrons. The quantitative estimate of drug-likeness (QED) is 0.892. The summed E-state index contributed by atoms with van der Waals surface area (Å²) < 4.78 is 1.71. The Kier molecular flexibility index (Phi) is 5.31. The molecule has 2 aromatic rings. The molecule has 118 valence electrons. The Hall–Kier alpha value is -2.17. The van der Waals surface area contributed by atoms with Crippen molar-refractivity contribution in [3.63, 3.8) is 0 Å². The highest BCUT2D eigenvalue weighted by molar-refractivity contribution is 5.76. The van der Waals surface area contributed by atoms with Crippen LogP contribution in [0.4, 0.5) is 0 Å². The summed E-state index contributed by atoms with van der Waals surface area (Å²) in [5.74, 6) is 0.843. The van der Waals surface area contributed by atoms with E-state index in [1.807, 2.05) is 14.0 Å². The standard InChI is InChI=1S/C17H24N4O/c1-5-15(17-18-11-19-21(17)4)20-16(22)9-8-14-7-6-12(2)13(3)10-14/h6-7,10-11,15H,5,8-9H2,1-4H3,(H,20,22). The maximum Gasteiger partial charge on any atom is 0.220 e. The second-order valence-corrected chi connectivity index (χ2v) is 5.69. The molecule has 1 atom stereocenters. The number of benzene rings is 1. The first kappa shape index (κ1) is 16.2. The van der Waals surface area contributed by atoms with Crippen molar-refractivity contribution in [3.05, 3.63) is 47.0 Å². The van der Waals surface area contributed by atoms with Crippen molar-refractivity contribution >= 4 is 5.91 Å². The number of nitrogens with zero attached hydrogens (tertiary/aromatic N) is 3. The number of rotatable bonds is 6. The van der Waals surface area contributed by atoms with Gasteiger partial charge in [0.15, 0.2) is 0 Å². The van der Waals surface area contributed by atoms with Gasteiger partial charge in [0.05, 0.1) is 6.04 Å². The average Bonchev–Trinajstić information content (AvgIpc) is 2.92. The van der Waals surface area contributed by atoms with Crippen LogP contribution in [0, 0.1) is 13.8 Å². The van der Waals surface area contributed by atoms with E-state index >= 15 is 0 Å². The summed E-state index contributed by atoms with van der Waals surface area (Å²) in [5.41, 5.74) is 3.75. The third-order valence-corrected chi connectivity index (χ3v) is 4.01.